The third-order valence-electron chi connectivity index (χ3n) is 4.99. The van der Waals surface area contributed by atoms with Crippen LogP contribution in [0.25, 0.3) is 5.69 Å². The number of carbonyl (C=O) groups excluding carboxylic acids is 4. The molecule has 0 aliphatic carbocycles. The van der Waals surface area contributed by atoms with Gasteiger partial charge < -0.3 is 21.1 Å². The molecule has 176 valence electrons. The van der Waals surface area contributed by atoms with E-state index in [1.54, 1.807) is 61.5 Å². The number of hydrogen-bond donors (Lipinski definition) is 3. The molecule has 1 heterocycles. The first-order chi connectivity index (χ1) is 16.3. The van der Waals surface area contributed by atoms with Gasteiger partial charge in [0.15, 0.2) is 0 Å². The molecule has 0 saturated carbocycles. The SMILES string of the molecule is COC(=O)NCc1cccc(-n2nc(C)cc2C(=O)N[C@@H](Cc2ccccc2)C(=O)C(N)=O)c1. The molecule has 34 heavy (non-hydrogen) atoms. The topological polar surface area (TPSA) is 145 Å². The van der Waals surface area contributed by atoms with Gasteiger partial charge in [-0.05, 0) is 36.2 Å². The summed E-state index contributed by atoms with van der Waals surface area (Å²) in [7, 11) is 1.27. The summed E-state index contributed by atoms with van der Waals surface area (Å²) in [6, 6.07) is 16.5. The zero-order valence-electron chi connectivity index (χ0n) is 18.8. The van der Waals surface area contributed by atoms with Gasteiger partial charge in [0.1, 0.15) is 11.7 Å². The van der Waals surface area contributed by atoms with Crippen molar-refractivity contribution in [1.82, 2.24) is 20.4 Å². The molecule has 2 aromatic carbocycles. The fraction of sp³-hybridized carbons (Fsp3) is 0.208. The number of aromatic nitrogens is 2. The van der Waals surface area contributed by atoms with E-state index in [-0.39, 0.29) is 18.7 Å². The predicted octanol–water partition coefficient (Wildman–Crippen LogP) is 1.43. The second-order valence-corrected chi connectivity index (χ2v) is 7.54. The molecule has 10 heteroatoms. The number of nitrogens with one attached hydrogen (secondary N) is 2. The molecule has 0 saturated heterocycles. The van der Waals surface area contributed by atoms with Crippen LogP contribution in [-0.2, 0) is 27.3 Å². The van der Waals surface area contributed by atoms with Gasteiger partial charge in [0.2, 0.25) is 5.78 Å². The van der Waals surface area contributed by atoms with Crippen molar-refractivity contribution in [2.45, 2.75) is 25.9 Å². The molecule has 0 unspecified atom stereocenters. The molecule has 3 rings (SSSR count). The number of nitrogens with two attached hydrogens (primary N) is 1. The molecule has 1 atom stereocenters. The van der Waals surface area contributed by atoms with Gasteiger partial charge in [0.05, 0.1) is 18.5 Å². The van der Waals surface area contributed by atoms with Crippen molar-refractivity contribution in [2.75, 3.05) is 7.11 Å². The maximum atomic E-state index is 13.2. The van der Waals surface area contributed by atoms with Gasteiger partial charge in [-0.25, -0.2) is 9.48 Å². The molecule has 0 aliphatic rings. The van der Waals surface area contributed by atoms with Crippen LogP contribution in [-0.4, -0.2) is 46.6 Å². The minimum Gasteiger partial charge on any atom is -0.453 e. The van der Waals surface area contributed by atoms with Crippen molar-refractivity contribution in [1.29, 1.82) is 0 Å². The minimum atomic E-state index is -1.13. The lowest BCUT2D eigenvalue weighted by Crippen LogP contribution is -2.47. The summed E-state index contributed by atoms with van der Waals surface area (Å²) < 4.78 is 6.01. The molecule has 1 aromatic heterocycles. The quantitative estimate of drug-likeness (QED) is 0.409. The van der Waals surface area contributed by atoms with Crippen LogP contribution in [0.2, 0.25) is 0 Å². The maximum absolute atomic E-state index is 13.2. The lowest BCUT2D eigenvalue weighted by molar-refractivity contribution is -0.137. The van der Waals surface area contributed by atoms with Crippen LogP contribution in [0.15, 0.2) is 60.7 Å². The van der Waals surface area contributed by atoms with Crippen molar-refractivity contribution >= 4 is 23.7 Å². The fourth-order valence-corrected chi connectivity index (χ4v) is 3.37. The fourth-order valence-electron chi connectivity index (χ4n) is 3.37. The van der Waals surface area contributed by atoms with Crippen LogP contribution >= 0.6 is 0 Å². The van der Waals surface area contributed by atoms with Crippen LogP contribution in [0.1, 0.15) is 27.3 Å². The number of carbonyl (C=O) groups is 4. The number of methoxy groups -OCH3 is 1. The van der Waals surface area contributed by atoms with E-state index >= 15 is 0 Å². The van der Waals surface area contributed by atoms with Gasteiger partial charge in [-0.15, -0.1) is 0 Å². The number of aryl methyl sites for hydroxylation is 1. The van der Waals surface area contributed by atoms with Crippen molar-refractivity contribution < 1.29 is 23.9 Å². The number of hydrogen-bond acceptors (Lipinski definition) is 6. The summed E-state index contributed by atoms with van der Waals surface area (Å²) in [6.45, 7) is 1.94. The van der Waals surface area contributed by atoms with E-state index in [4.69, 9.17) is 5.73 Å². The lowest BCUT2D eigenvalue weighted by atomic mass is 10.0. The van der Waals surface area contributed by atoms with E-state index < -0.39 is 29.7 Å². The van der Waals surface area contributed by atoms with Gasteiger partial charge in [-0.1, -0.05) is 42.5 Å². The Balaban J connectivity index is 1.86. The number of benzene rings is 2. The first-order valence-corrected chi connectivity index (χ1v) is 10.4. The molecule has 0 bridgehead atoms. The highest BCUT2D eigenvalue weighted by Gasteiger charge is 2.27. The number of nitrogens with zero attached hydrogens (tertiary/aromatic N) is 2. The highest BCUT2D eigenvalue weighted by molar-refractivity contribution is 6.38. The van der Waals surface area contributed by atoms with Gasteiger partial charge in [0, 0.05) is 13.0 Å². The molecule has 4 N–H and O–H groups in total. The Bertz CT molecular complexity index is 1210. The average molecular weight is 463 g/mol. The third kappa shape index (κ3) is 6.06. The van der Waals surface area contributed by atoms with Crippen molar-refractivity contribution in [2.24, 2.45) is 5.73 Å². The summed E-state index contributed by atoms with van der Waals surface area (Å²) in [5.74, 6) is -2.61. The predicted molar refractivity (Wildman–Crippen MR) is 123 cm³/mol. The molecular weight excluding hydrogens is 438 g/mol. The first-order valence-electron chi connectivity index (χ1n) is 10.4. The zero-order chi connectivity index (χ0) is 24.7. The van der Waals surface area contributed by atoms with Crippen LogP contribution in [0, 0.1) is 6.92 Å². The summed E-state index contributed by atoms with van der Waals surface area (Å²) in [5.41, 5.74) is 8.05. The highest BCUT2D eigenvalue weighted by Crippen LogP contribution is 2.15. The number of amides is 3. The van der Waals surface area contributed by atoms with E-state index in [0.29, 0.717) is 11.4 Å². The van der Waals surface area contributed by atoms with E-state index in [1.165, 1.54) is 11.8 Å². The average Bonchev–Trinajstić information content (AvgIpc) is 3.24. The summed E-state index contributed by atoms with van der Waals surface area (Å²) in [4.78, 5) is 48.5. The molecule has 3 amide bonds. The molecule has 0 fully saturated rings. The monoisotopic (exact) mass is 463 g/mol. The second-order valence-electron chi connectivity index (χ2n) is 7.54. The van der Waals surface area contributed by atoms with Crippen molar-refractivity contribution in [3.63, 3.8) is 0 Å². The number of ketones is 1. The Morgan fingerprint density at radius 1 is 1.03 bits per heavy atom. The van der Waals surface area contributed by atoms with Crippen LogP contribution < -0.4 is 16.4 Å². The number of ether oxygens (including phenoxy) is 1. The number of alkyl carbamates (subject to hydrolysis) is 1. The first kappa shape index (κ1) is 24.2. The molecule has 0 spiro atoms. The Morgan fingerprint density at radius 3 is 2.41 bits per heavy atom. The third-order valence-corrected chi connectivity index (χ3v) is 4.99. The van der Waals surface area contributed by atoms with Crippen LogP contribution in [0.5, 0.6) is 0 Å². The molecule has 0 radical (unpaired) electrons. The van der Waals surface area contributed by atoms with Crippen LogP contribution in [0.4, 0.5) is 4.79 Å². The molecule has 3 aromatic rings. The lowest BCUT2D eigenvalue weighted by Gasteiger charge is -2.17. The second kappa shape index (κ2) is 10.9. The molecule has 0 aliphatic heterocycles. The van der Waals surface area contributed by atoms with E-state index in [0.717, 1.165) is 11.1 Å². The van der Waals surface area contributed by atoms with Gasteiger partial charge >= 0.3 is 6.09 Å². The van der Waals surface area contributed by atoms with Gasteiger partial charge in [-0.3, -0.25) is 14.4 Å². The molecule has 10 nitrogen and oxygen atoms in total. The van der Waals surface area contributed by atoms with E-state index in [2.05, 4.69) is 20.5 Å². The van der Waals surface area contributed by atoms with E-state index in [1.807, 2.05) is 6.07 Å². The van der Waals surface area contributed by atoms with Crippen molar-refractivity contribution in [3.05, 3.63) is 83.2 Å². The highest BCUT2D eigenvalue weighted by atomic mass is 16.5. The number of rotatable bonds is 9. The number of primary amides is 1. The maximum Gasteiger partial charge on any atom is 0.407 e. The smallest absolute Gasteiger partial charge is 0.407 e. The number of Topliss-reactive ketones (excluding diaryl/α,β-unsaturated/α-hetero) is 1. The Morgan fingerprint density at radius 2 is 1.74 bits per heavy atom. The Labute approximate surface area is 196 Å². The minimum absolute atomic E-state index is 0.107. The standard InChI is InChI=1S/C24H25N5O5/c1-15-11-20(29(28-15)18-10-6-9-17(12-18)14-26-24(33)34-2)23(32)27-19(21(30)22(25)31)13-16-7-4-3-5-8-16/h3-12,19H,13-14H2,1-2H3,(H2,25,31)(H,26,33)(H,27,32)/t19-/m0/s1. The Hall–Kier alpha value is -4.47. The summed E-state index contributed by atoms with van der Waals surface area (Å²) in [6.07, 6.45) is -0.458. The van der Waals surface area contributed by atoms with Gasteiger partial charge in [-0.2, -0.15) is 5.10 Å². The zero-order valence-corrected chi connectivity index (χ0v) is 18.8. The largest absolute Gasteiger partial charge is 0.453 e. The van der Waals surface area contributed by atoms with E-state index in [9.17, 15) is 19.2 Å². The summed E-state index contributed by atoms with van der Waals surface area (Å²) in [5, 5.41) is 9.61. The normalized spacial score (nSPS) is 11.4. The van der Waals surface area contributed by atoms with Crippen LogP contribution in [0.3, 0.4) is 0 Å². The molecular formula is C24H25N5O5. The van der Waals surface area contributed by atoms with Gasteiger partial charge in [0.25, 0.3) is 11.8 Å². The summed E-state index contributed by atoms with van der Waals surface area (Å²) >= 11 is 0. The van der Waals surface area contributed by atoms with Crippen molar-refractivity contribution in [3.8, 4) is 5.69 Å². The Kier molecular flexibility index (Phi) is 7.75.